The van der Waals surface area contributed by atoms with Gasteiger partial charge in [-0.2, -0.15) is 0 Å². The highest BCUT2D eigenvalue weighted by Crippen LogP contribution is 2.39. The molecule has 0 bridgehead atoms. The molecule has 0 amide bonds. The van der Waals surface area contributed by atoms with Crippen LogP contribution in [0.25, 0.3) is 103 Å². The molecule has 0 aliphatic rings. The van der Waals surface area contributed by atoms with Crippen molar-refractivity contribution in [2.75, 3.05) is 0 Å². The topological polar surface area (TPSA) is 30.7 Å². The predicted octanol–water partition coefficient (Wildman–Crippen LogP) is 13.8. The molecule has 3 heterocycles. The van der Waals surface area contributed by atoms with Crippen molar-refractivity contribution in [3.8, 4) is 50.6 Å². The standard InChI is InChI=1S/C50H31N3S/c1-2-10-32(11-3-1)33-18-20-34(21-19-33)35-22-24-36(25-23-35)49-42-14-4-7-15-44(42)51-50(52-49)53-45-16-8-5-12-39(45)43-30-37(27-29-46(43)53)38-26-28-41-40-13-6-9-17-47(40)54-48(41)31-38/h1-31H. The van der Waals surface area contributed by atoms with Gasteiger partial charge < -0.3 is 0 Å². The summed E-state index contributed by atoms with van der Waals surface area (Å²) in [4.78, 5) is 10.5. The zero-order valence-corrected chi connectivity index (χ0v) is 30.0. The second-order valence-corrected chi connectivity index (χ2v) is 14.9. The minimum absolute atomic E-state index is 0.662. The first-order chi connectivity index (χ1) is 26.7. The maximum Gasteiger partial charge on any atom is 0.235 e. The molecule has 4 heteroatoms. The van der Waals surface area contributed by atoms with Gasteiger partial charge in [0.15, 0.2) is 0 Å². The van der Waals surface area contributed by atoms with Crippen LogP contribution in [0, 0.1) is 0 Å². The highest BCUT2D eigenvalue weighted by atomic mass is 32.1. The third kappa shape index (κ3) is 5.03. The number of rotatable bonds is 5. The summed E-state index contributed by atoms with van der Waals surface area (Å²) in [6.07, 6.45) is 0. The Balaban J connectivity index is 1.01. The zero-order valence-electron chi connectivity index (χ0n) is 29.1. The summed E-state index contributed by atoms with van der Waals surface area (Å²) in [7, 11) is 0. The SMILES string of the molecule is c1ccc(-c2ccc(-c3ccc(-c4nc(-n5c6ccccc6c6cc(-c7ccc8c(c7)sc7ccccc78)ccc65)nc5ccccc45)cc3)cc2)cc1. The molecule has 3 nitrogen and oxygen atoms in total. The van der Waals surface area contributed by atoms with E-state index in [0.717, 1.165) is 33.2 Å². The molecule has 0 unspecified atom stereocenters. The van der Waals surface area contributed by atoms with E-state index in [0.29, 0.717) is 5.95 Å². The van der Waals surface area contributed by atoms with E-state index in [9.17, 15) is 0 Å². The van der Waals surface area contributed by atoms with Crippen molar-refractivity contribution in [3.63, 3.8) is 0 Å². The fourth-order valence-electron chi connectivity index (χ4n) is 7.96. The Hall–Kier alpha value is -6.88. The van der Waals surface area contributed by atoms with Crippen molar-refractivity contribution < 1.29 is 0 Å². The van der Waals surface area contributed by atoms with Crippen molar-refractivity contribution in [2.24, 2.45) is 0 Å². The molecule has 8 aromatic carbocycles. The first-order valence-corrected chi connectivity index (χ1v) is 19.1. The van der Waals surface area contributed by atoms with Crippen molar-refractivity contribution in [1.82, 2.24) is 14.5 Å². The molecule has 252 valence electrons. The van der Waals surface area contributed by atoms with E-state index in [2.05, 4.69) is 193 Å². The second-order valence-electron chi connectivity index (χ2n) is 13.8. The van der Waals surface area contributed by atoms with Gasteiger partial charge in [0.1, 0.15) is 0 Å². The maximum absolute atomic E-state index is 5.35. The number of thiophene rings is 1. The van der Waals surface area contributed by atoms with Gasteiger partial charge in [0.05, 0.1) is 22.2 Å². The van der Waals surface area contributed by atoms with Gasteiger partial charge in [0.25, 0.3) is 0 Å². The molecule has 0 aliphatic heterocycles. The van der Waals surface area contributed by atoms with Crippen LogP contribution >= 0.6 is 11.3 Å². The minimum Gasteiger partial charge on any atom is -0.278 e. The van der Waals surface area contributed by atoms with Crippen molar-refractivity contribution >= 4 is 64.2 Å². The molecule has 54 heavy (non-hydrogen) atoms. The smallest absolute Gasteiger partial charge is 0.235 e. The third-order valence-corrected chi connectivity index (χ3v) is 11.8. The van der Waals surface area contributed by atoms with Crippen LogP contribution in [0.15, 0.2) is 188 Å². The van der Waals surface area contributed by atoms with Crippen LogP contribution in [0.5, 0.6) is 0 Å². The van der Waals surface area contributed by atoms with E-state index in [4.69, 9.17) is 9.97 Å². The van der Waals surface area contributed by atoms with Gasteiger partial charge in [0.2, 0.25) is 5.95 Å². The van der Waals surface area contributed by atoms with Crippen LogP contribution in [0.4, 0.5) is 0 Å². The molecule has 0 atom stereocenters. The fourth-order valence-corrected chi connectivity index (χ4v) is 9.11. The van der Waals surface area contributed by atoms with Crippen LogP contribution in [-0.2, 0) is 0 Å². The van der Waals surface area contributed by atoms with Crippen LogP contribution in [0.3, 0.4) is 0 Å². The van der Waals surface area contributed by atoms with Crippen LogP contribution in [0.1, 0.15) is 0 Å². The lowest BCUT2D eigenvalue weighted by molar-refractivity contribution is 1.01. The number of para-hydroxylation sites is 2. The average Bonchev–Trinajstić information content (AvgIpc) is 3.79. The Morgan fingerprint density at radius 1 is 0.333 bits per heavy atom. The Kier molecular flexibility index (Phi) is 7.04. The summed E-state index contributed by atoms with van der Waals surface area (Å²) in [5.41, 5.74) is 12.2. The van der Waals surface area contributed by atoms with E-state index in [-0.39, 0.29) is 0 Å². The second kappa shape index (κ2) is 12.4. The summed E-state index contributed by atoms with van der Waals surface area (Å²) in [6, 6.07) is 67.3. The quantitative estimate of drug-likeness (QED) is 0.178. The zero-order chi connectivity index (χ0) is 35.6. The number of aromatic nitrogens is 3. The average molecular weight is 706 g/mol. The summed E-state index contributed by atoms with van der Waals surface area (Å²) in [5.74, 6) is 0.662. The molecule has 0 spiro atoms. The Morgan fingerprint density at radius 3 is 1.65 bits per heavy atom. The minimum atomic E-state index is 0.662. The molecule has 3 aromatic heterocycles. The van der Waals surface area contributed by atoms with Crippen molar-refractivity contribution in [3.05, 3.63) is 188 Å². The summed E-state index contributed by atoms with van der Waals surface area (Å²) >= 11 is 1.86. The largest absolute Gasteiger partial charge is 0.278 e. The molecule has 0 saturated heterocycles. The van der Waals surface area contributed by atoms with Gasteiger partial charge in [-0.25, -0.2) is 9.97 Å². The summed E-state index contributed by atoms with van der Waals surface area (Å²) in [5, 5.41) is 6.02. The third-order valence-electron chi connectivity index (χ3n) is 10.7. The number of fused-ring (bicyclic) bond motifs is 7. The number of nitrogens with zero attached hydrogens (tertiary/aromatic N) is 3. The first-order valence-electron chi connectivity index (χ1n) is 18.2. The van der Waals surface area contributed by atoms with Gasteiger partial charge in [0, 0.05) is 41.9 Å². The first kappa shape index (κ1) is 30.7. The molecule has 0 fully saturated rings. The van der Waals surface area contributed by atoms with Gasteiger partial charge in [-0.1, -0.05) is 152 Å². The maximum atomic E-state index is 5.35. The number of benzene rings is 8. The molecule has 0 N–H and O–H groups in total. The lowest BCUT2D eigenvalue weighted by Crippen LogP contribution is -2.03. The lowest BCUT2D eigenvalue weighted by atomic mass is 9.98. The fraction of sp³-hybridized carbons (Fsp3) is 0. The number of hydrogen-bond acceptors (Lipinski definition) is 3. The monoisotopic (exact) mass is 705 g/mol. The summed E-state index contributed by atoms with van der Waals surface area (Å²) in [6.45, 7) is 0. The normalized spacial score (nSPS) is 11.7. The van der Waals surface area contributed by atoms with Crippen molar-refractivity contribution in [2.45, 2.75) is 0 Å². The summed E-state index contributed by atoms with van der Waals surface area (Å²) < 4.78 is 4.85. The van der Waals surface area contributed by atoms with Gasteiger partial charge in [-0.3, -0.25) is 4.57 Å². The molecule has 0 aliphatic carbocycles. The van der Waals surface area contributed by atoms with Gasteiger partial charge >= 0.3 is 0 Å². The van der Waals surface area contributed by atoms with Gasteiger partial charge in [-0.15, -0.1) is 11.3 Å². The molecule has 0 saturated carbocycles. The lowest BCUT2D eigenvalue weighted by Gasteiger charge is -2.12. The Morgan fingerprint density at radius 2 is 0.870 bits per heavy atom. The molecule has 11 rings (SSSR count). The highest BCUT2D eigenvalue weighted by molar-refractivity contribution is 7.25. The van der Waals surface area contributed by atoms with E-state index in [1.807, 2.05) is 11.3 Å². The Labute approximate surface area is 316 Å². The van der Waals surface area contributed by atoms with E-state index >= 15 is 0 Å². The molecular weight excluding hydrogens is 675 g/mol. The predicted molar refractivity (Wildman–Crippen MR) is 229 cm³/mol. The molecular formula is C50H31N3S. The molecule has 0 radical (unpaired) electrons. The van der Waals surface area contributed by atoms with Gasteiger partial charge in [-0.05, 0) is 69.8 Å². The Bertz CT molecular complexity index is 3190. The van der Waals surface area contributed by atoms with Crippen LogP contribution in [-0.4, -0.2) is 14.5 Å². The van der Waals surface area contributed by atoms with Crippen LogP contribution < -0.4 is 0 Å². The van der Waals surface area contributed by atoms with Crippen LogP contribution in [0.2, 0.25) is 0 Å². The van der Waals surface area contributed by atoms with E-state index < -0.39 is 0 Å². The highest BCUT2D eigenvalue weighted by Gasteiger charge is 2.18. The van der Waals surface area contributed by atoms with E-state index in [1.165, 1.54) is 64.3 Å². The van der Waals surface area contributed by atoms with E-state index in [1.54, 1.807) is 0 Å². The number of hydrogen-bond donors (Lipinski definition) is 0. The molecule has 11 aromatic rings. The van der Waals surface area contributed by atoms with Crippen molar-refractivity contribution in [1.29, 1.82) is 0 Å².